The number of amides is 1. The molecule has 1 aromatic rings. The van der Waals surface area contributed by atoms with E-state index in [0.717, 1.165) is 58.3 Å². The van der Waals surface area contributed by atoms with Gasteiger partial charge in [0.15, 0.2) is 0 Å². The van der Waals surface area contributed by atoms with E-state index >= 15 is 0 Å². The fraction of sp³-hybridized carbons (Fsp3) is 0.789. The van der Waals surface area contributed by atoms with Gasteiger partial charge in [-0.15, -0.1) is 0 Å². The molecule has 4 heterocycles. The van der Waals surface area contributed by atoms with Crippen molar-refractivity contribution in [2.24, 2.45) is 23.7 Å². The van der Waals surface area contributed by atoms with Crippen LogP contribution in [0.4, 0.5) is 0 Å². The normalized spacial score (nSPS) is 36.7. The average Bonchev–Trinajstić information content (AvgIpc) is 3.48. The van der Waals surface area contributed by atoms with E-state index in [1.165, 1.54) is 24.2 Å². The summed E-state index contributed by atoms with van der Waals surface area (Å²) in [6.07, 6.45) is 5.91. The number of rotatable bonds is 3. The van der Waals surface area contributed by atoms with Gasteiger partial charge in [-0.25, -0.2) is 4.98 Å². The van der Waals surface area contributed by atoms with Crippen LogP contribution in [0, 0.1) is 23.7 Å². The molecule has 0 N–H and O–H groups in total. The molecule has 1 aromatic heterocycles. The summed E-state index contributed by atoms with van der Waals surface area (Å²) in [7, 11) is 0. The van der Waals surface area contributed by atoms with Crippen molar-refractivity contribution in [2.75, 3.05) is 39.4 Å². The molecule has 0 aromatic carbocycles. The van der Waals surface area contributed by atoms with E-state index in [2.05, 4.69) is 20.7 Å². The van der Waals surface area contributed by atoms with E-state index < -0.39 is 0 Å². The zero-order valence-electron chi connectivity index (χ0n) is 14.6. The minimum Gasteiger partial charge on any atom is -0.381 e. The van der Waals surface area contributed by atoms with E-state index in [4.69, 9.17) is 9.72 Å². The number of piperazine rings is 1. The van der Waals surface area contributed by atoms with Crippen LogP contribution in [-0.4, -0.2) is 64.7 Å². The predicted octanol–water partition coefficient (Wildman–Crippen LogP) is 0.927. The minimum absolute atomic E-state index is 0.246. The van der Waals surface area contributed by atoms with Gasteiger partial charge in [0.1, 0.15) is 0 Å². The molecule has 5 aliphatic rings. The molecule has 6 nitrogen and oxygen atoms in total. The number of fused-ring (bicyclic) bond motifs is 4. The van der Waals surface area contributed by atoms with Gasteiger partial charge in [0.25, 0.3) is 0 Å². The molecule has 0 bridgehead atoms. The first-order valence-electron chi connectivity index (χ1n) is 9.94. The SMILES string of the molecule is O=C(C1[C@H]2COC[C@@H]12)N1CCN2CCc3c(ncn3CC3CC3)C2C1. The van der Waals surface area contributed by atoms with E-state index in [1.54, 1.807) is 0 Å². The Morgan fingerprint density at radius 2 is 2.04 bits per heavy atom. The third-order valence-corrected chi connectivity index (χ3v) is 7.12. The van der Waals surface area contributed by atoms with Crippen LogP contribution in [0.1, 0.15) is 30.3 Å². The highest BCUT2D eigenvalue weighted by molar-refractivity contribution is 5.82. The minimum atomic E-state index is 0.246. The summed E-state index contributed by atoms with van der Waals surface area (Å²) in [5.74, 6) is 2.51. The monoisotopic (exact) mass is 342 g/mol. The first-order chi connectivity index (χ1) is 12.3. The molecule has 2 aliphatic carbocycles. The number of carbonyl (C=O) groups excluding carboxylic acids is 1. The third-order valence-electron chi connectivity index (χ3n) is 7.12. The van der Waals surface area contributed by atoms with Crippen molar-refractivity contribution in [3.63, 3.8) is 0 Å². The molecule has 0 spiro atoms. The van der Waals surface area contributed by atoms with Crippen molar-refractivity contribution in [3.05, 3.63) is 17.7 Å². The second-order valence-corrected chi connectivity index (χ2v) is 8.65. The van der Waals surface area contributed by atoms with Crippen LogP contribution in [0.5, 0.6) is 0 Å². The maximum atomic E-state index is 12.9. The van der Waals surface area contributed by atoms with Crippen molar-refractivity contribution in [1.29, 1.82) is 0 Å². The summed E-state index contributed by atoms with van der Waals surface area (Å²) < 4.78 is 7.85. The van der Waals surface area contributed by atoms with Crippen LogP contribution in [0.2, 0.25) is 0 Å². The summed E-state index contributed by atoms with van der Waals surface area (Å²) in [6.45, 7) is 6.53. The molecule has 2 saturated heterocycles. The Hall–Kier alpha value is -1.40. The molecule has 134 valence electrons. The molecular weight excluding hydrogens is 316 g/mol. The van der Waals surface area contributed by atoms with Crippen LogP contribution >= 0.6 is 0 Å². The van der Waals surface area contributed by atoms with Crippen LogP contribution in [0.25, 0.3) is 0 Å². The number of aromatic nitrogens is 2. The molecule has 0 radical (unpaired) electrons. The summed E-state index contributed by atoms with van der Waals surface area (Å²) in [4.78, 5) is 22.4. The average molecular weight is 342 g/mol. The van der Waals surface area contributed by atoms with Gasteiger partial charge in [-0.05, 0) is 30.6 Å². The number of ether oxygens (including phenoxy) is 1. The Kier molecular flexibility index (Phi) is 3.12. The van der Waals surface area contributed by atoms with Crippen molar-refractivity contribution in [1.82, 2.24) is 19.4 Å². The van der Waals surface area contributed by atoms with Crippen LogP contribution < -0.4 is 0 Å². The molecule has 6 heteroatoms. The number of nitrogens with zero attached hydrogens (tertiary/aromatic N) is 4. The fourth-order valence-electron chi connectivity index (χ4n) is 5.32. The Labute approximate surface area is 148 Å². The molecule has 2 unspecified atom stereocenters. The largest absolute Gasteiger partial charge is 0.381 e. The summed E-state index contributed by atoms with van der Waals surface area (Å²) in [6, 6.07) is 0.303. The number of hydrogen-bond donors (Lipinski definition) is 0. The Morgan fingerprint density at radius 3 is 2.84 bits per heavy atom. The molecule has 4 fully saturated rings. The highest BCUT2D eigenvalue weighted by Crippen LogP contribution is 2.52. The topological polar surface area (TPSA) is 50.6 Å². The Morgan fingerprint density at radius 1 is 1.20 bits per heavy atom. The maximum absolute atomic E-state index is 12.9. The van der Waals surface area contributed by atoms with Gasteiger partial charge in [-0.3, -0.25) is 9.69 Å². The van der Waals surface area contributed by atoms with Gasteiger partial charge >= 0.3 is 0 Å². The highest BCUT2D eigenvalue weighted by Gasteiger charge is 2.59. The lowest BCUT2D eigenvalue weighted by Crippen LogP contribution is -2.53. The zero-order chi connectivity index (χ0) is 16.5. The summed E-state index contributed by atoms with van der Waals surface area (Å²) in [5.41, 5.74) is 2.67. The smallest absolute Gasteiger partial charge is 0.226 e. The summed E-state index contributed by atoms with van der Waals surface area (Å²) in [5, 5.41) is 0. The van der Waals surface area contributed by atoms with Crippen molar-refractivity contribution in [3.8, 4) is 0 Å². The second kappa shape index (κ2) is 5.30. The van der Waals surface area contributed by atoms with Gasteiger partial charge in [-0.1, -0.05) is 0 Å². The number of carbonyl (C=O) groups is 1. The molecule has 1 amide bonds. The predicted molar refractivity (Wildman–Crippen MR) is 90.8 cm³/mol. The lowest BCUT2D eigenvalue weighted by molar-refractivity contribution is -0.137. The van der Waals surface area contributed by atoms with Crippen molar-refractivity contribution < 1.29 is 9.53 Å². The molecule has 3 aliphatic heterocycles. The molecule has 6 rings (SSSR count). The molecule has 2 saturated carbocycles. The van der Waals surface area contributed by atoms with E-state index in [-0.39, 0.29) is 5.92 Å². The first-order valence-corrected chi connectivity index (χ1v) is 9.94. The van der Waals surface area contributed by atoms with E-state index in [9.17, 15) is 4.79 Å². The van der Waals surface area contributed by atoms with Crippen LogP contribution in [0.15, 0.2) is 6.33 Å². The van der Waals surface area contributed by atoms with Gasteiger partial charge in [0, 0.05) is 50.8 Å². The van der Waals surface area contributed by atoms with Gasteiger partial charge in [-0.2, -0.15) is 0 Å². The van der Waals surface area contributed by atoms with Crippen molar-refractivity contribution in [2.45, 2.75) is 31.8 Å². The lowest BCUT2D eigenvalue weighted by Gasteiger charge is -2.43. The van der Waals surface area contributed by atoms with Crippen LogP contribution in [-0.2, 0) is 22.5 Å². The standard InChI is InChI=1S/C19H26N4O2/c24-19(17-13-9-25-10-14(13)17)22-6-5-21-4-3-15-18(16(21)8-22)20-11-23(15)7-12-1-2-12/h11-14,16-17H,1-10H2/t13-,14+,16?,17?. The number of imidazole rings is 1. The van der Waals surface area contributed by atoms with Gasteiger partial charge in [0.2, 0.25) is 5.91 Å². The summed E-state index contributed by atoms with van der Waals surface area (Å²) >= 11 is 0. The highest BCUT2D eigenvalue weighted by atomic mass is 16.5. The van der Waals surface area contributed by atoms with Crippen LogP contribution in [0.3, 0.4) is 0 Å². The molecule has 25 heavy (non-hydrogen) atoms. The second-order valence-electron chi connectivity index (χ2n) is 8.65. The Balaban J connectivity index is 1.21. The fourth-order valence-corrected chi connectivity index (χ4v) is 5.32. The van der Waals surface area contributed by atoms with E-state index in [0.29, 0.717) is 23.8 Å². The van der Waals surface area contributed by atoms with Gasteiger partial charge in [0.05, 0.1) is 31.3 Å². The van der Waals surface area contributed by atoms with E-state index in [1.807, 2.05) is 0 Å². The Bertz CT molecular complexity index is 702. The third kappa shape index (κ3) is 2.30. The van der Waals surface area contributed by atoms with Gasteiger partial charge < -0.3 is 14.2 Å². The zero-order valence-corrected chi connectivity index (χ0v) is 14.6. The number of hydrogen-bond acceptors (Lipinski definition) is 4. The molecule has 4 atom stereocenters. The maximum Gasteiger partial charge on any atom is 0.226 e. The first kappa shape index (κ1) is 14.7. The quantitative estimate of drug-likeness (QED) is 0.820. The lowest BCUT2D eigenvalue weighted by atomic mass is 9.99. The molecular formula is C19H26N4O2. The van der Waals surface area contributed by atoms with Crippen molar-refractivity contribution >= 4 is 5.91 Å².